The van der Waals surface area contributed by atoms with E-state index >= 15 is 0 Å². The molecule has 5 nitrogen and oxygen atoms in total. The molecule has 0 amide bonds. The van der Waals surface area contributed by atoms with E-state index in [4.69, 9.17) is 0 Å². The summed E-state index contributed by atoms with van der Waals surface area (Å²) in [7, 11) is -1.43. The zero-order valence-corrected chi connectivity index (χ0v) is 11.8. The summed E-state index contributed by atoms with van der Waals surface area (Å²) in [6.45, 7) is 1.86. The van der Waals surface area contributed by atoms with Crippen molar-refractivity contribution in [1.82, 2.24) is 9.78 Å². The summed E-state index contributed by atoms with van der Waals surface area (Å²) in [6, 6.07) is 6.93. The minimum atomic E-state index is -3.24. The van der Waals surface area contributed by atoms with E-state index in [1.807, 2.05) is 20.0 Å². The highest BCUT2D eigenvalue weighted by atomic mass is 32.2. The molecule has 0 saturated carbocycles. The van der Waals surface area contributed by atoms with Gasteiger partial charge in [0, 0.05) is 13.2 Å². The molecular weight excluding hydrogens is 262 g/mol. The molecule has 0 atom stereocenters. The van der Waals surface area contributed by atoms with Crippen LogP contribution in [0.5, 0.6) is 0 Å². The van der Waals surface area contributed by atoms with Crippen LogP contribution in [0.3, 0.4) is 0 Å². The summed E-state index contributed by atoms with van der Waals surface area (Å²) in [5, 5.41) is 7.14. The number of hydrogen-bond acceptors (Lipinski definition) is 4. The van der Waals surface area contributed by atoms with E-state index in [1.54, 1.807) is 35.3 Å². The molecule has 0 saturated heterocycles. The number of nitrogens with zero attached hydrogens (tertiary/aromatic N) is 2. The standard InChI is InChI=1S/C13H17N3O2S/c1-3-8-19(17,18)13-7-5-4-6-12(13)15-11-9-14-16(2)10-11/h4-7,9-10,15H,3,8H2,1-2H3. The molecule has 2 rings (SSSR count). The lowest BCUT2D eigenvalue weighted by molar-refractivity contribution is 0.595. The molecule has 0 aliphatic rings. The fraction of sp³-hybridized carbons (Fsp3) is 0.308. The molecule has 0 bridgehead atoms. The van der Waals surface area contributed by atoms with Gasteiger partial charge in [0.15, 0.2) is 9.84 Å². The van der Waals surface area contributed by atoms with Crippen LogP contribution >= 0.6 is 0 Å². The fourth-order valence-corrected chi connectivity index (χ4v) is 3.36. The van der Waals surface area contributed by atoms with Crippen molar-refractivity contribution in [3.05, 3.63) is 36.7 Å². The van der Waals surface area contributed by atoms with E-state index in [1.165, 1.54) is 0 Å². The van der Waals surface area contributed by atoms with Crippen molar-refractivity contribution in [3.63, 3.8) is 0 Å². The molecule has 102 valence electrons. The Morgan fingerprint density at radius 3 is 2.68 bits per heavy atom. The molecule has 1 N–H and O–H groups in total. The van der Waals surface area contributed by atoms with Gasteiger partial charge in [-0.15, -0.1) is 0 Å². The molecule has 6 heteroatoms. The Bertz CT molecular complexity index is 662. The van der Waals surface area contributed by atoms with Gasteiger partial charge in [0.1, 0.15) is 0 Å². The number of para-hydroxylation sites is 1. The molecule has 1 aromatic carbocycles. The van der Waals surface area contributed by atoms with Gasteiger partial charge in [0.05, 0.1) is 28.2 Å². The average Bonchev–Trinajstić information content (AvgIpc) is 2.75. The van der Waals surface area contributed by atoms with Crippen LogP contribution in [-0.2, 0) is 16.9 Å². The first-order valence-electron chi connectivity index (χ1n) is 6.10. The van der Waals surface area contributed by atoms with Crippen LogP contribution in [0.1, 0.15) is 13.3 Å². The summed E-state index contributed by atoms with van der Waals surface area (Å²) in [5.41, 5.74) is 1.35. The first kappa shape index (κ1) is 13.6. The van der Waals surface area contributed by atoms with Crippen molar-refractivity contribution in [2.75, 3.05) is 11.1 Å². The molecule has 0 fully saturated rings. The summed E-state index contributed by atoms with van der Waals surface area (Å²) in [4.78, 5) is 0.334. The fourth-order valence-electron chi connectivity index (χ4n) is 1.86. The summed E-state index contributed by atoms with van der Waals surface area (Å²) >= 11 is 0. The molecule has 0 aliphatic heterocycles. The minimum Gasteiger partial charge on any atom is -0.352 e. The number of sulfone groups is 1. The maximum Gasteiger partial charge on any atom is 0.180 e. The van der Waals surface area contributed by atoms with Crippen molar-refractivity contribution in [3.8, 4) is 0 Å². The van der Waals surface area contributed by atoms with Gasteiger partial charge in [-0.25, -0.2) is 8.42 Å². The lowest BCUT2D eigenvalue weighted by Crippen LogP contribution is -2.08. The van der Waals surface area contributed by atoms with E-state index in [0.717, 1.165) is 5.69 Å². The average molecular weight is 279 g/mol. The summed E-state index contributed by atoms with van der Waals surface area (Å²) < 4.78 is 26.0. The molecule has 0 unspecified atom stereocenters. The smallest absolute Gasteiger partial charge is 0.180 e. The molecule has 19 heavy (non-hydrogen) atoms. The van der Waals surface area contributed by atoms with Crippen molar-refractivity contribution < 1.29 is 8.42 Å². The van der Waals surface area contributed by atoms with E-state index in [-0.39, 0.29) is 5.75 Å². The molecule has 2 aromatic rings. The SMILES string of the molecule is CCCS(=O)(=O)c1ccccc1Nc1cnn(C)c1. The van der Waals surface area contributed by atoms with Crippen LogP contribution in [0.25, 0.3) is 0 Å². The third kappa shape index (κ3) is 3.14. The van der Waals surface area contributed by atoms with Crippen LogP contribution in [0.15, 0.2) is 41.6 Å². The van der Waals surface area contributed by atoms with Gasteiger partial charge in [-0.3, -0.25) is 4.68 Å². The normalized spacial score (nSPS) is 11.5. The first-order chi connectivity index (χ1) is 9.03. The Morgan fingerprint density at radius 1 is 1.32 bits per heavy atom. The highest BCUT2D eigenvalue weighted by Crippen LogP contribution is 2.25. The Kier molecular flexibility index (Phi) is 3.90. The molecule has 1 aromatic heterocycles. The van der Waals surface area contributed by atoms with Gasteiger partial charge in [-0.2, -0.15) is 5.10 Å². The van der Waals surface area contributed by atoms with Gasteiger partial charge in [0.25, 0.3) is 0 Å². The first-order valence-corrected chi connectivity index (χ1v) is 7.75. The van der Waals surface area contributed by atoms with Crippen LogP contribution in [0, 0.1) is 0 Å². The number of anilines is 2. The van der Waals surface area contributed by atoms with E-state index in [0.29, 0.717) is 17.0 Å². The Hall–Kier alpha value is -1.82. The van der Waals surface area contributed by atoms with Crippen LogP contribution in [0.2, 0.25) is 0 Å². The van der Waals surface area contributed by atoms with Gasteiger partial charge in [-0.05, 0) is 18.6 Å². The number of benzene rings is 1. The Morgan fingerprint density at radius 2 is 2.05 bits per heavy atom. The van der Waals surface area contributed by atoms with E-state index in [9.17, 15) is 8.42 Å². The number of aryl methyl sites for hydroxylation is 1. The number of rotatable bonds is 5. The lowest BCUT2D eigenvalue weighted by Gasteiger charge is -2.10. The second-order valence-corrected chi connectivity index (χ2v) is 6.42. The van der Waals surface area contributed by atoms with Gasteiger partial charge in [-0.1, -0.05) is 19.1 Å². The van der Waals surface area contributed by atoms with Crippen molar-refractivity contribution in [2.24, 2.45) is 7.05 Å². The summed E-state index contributed by atoms with van der Waals surface area (Å²) in [5.74, 6) is 0.152. The van der Waals surface area contributed by atoms with E-state index < -0.39 is 9.84 Å². The highest BCUT2D eigenvalue weighted by Gasteiger charge is 2.17. The quantitative estimate of drug-likeness (QED) is 0.912. The maximum atomic E-state index is 12.2. The van der Waals surface area contributed by atoms with E-state index in [2.05, 4.69) is 10.4 Å². The maximum absolute atomic E-state index is 12.2. The van der Waals surface area contributed by atoms with Crippen LogP contribution in [0.4, 0.5) is 11.4 Å². The number of nitrogens with one attached hydrogen (secondary N) is 1. The van der Waals surface area contributed by atoms with Crippen molar-refractivity contribution in [2.45, 2.75) is 18.2 Å². The minimum absolute atomic E-state index is 0.152. The van der Waals surface area contributed by atoms with Crippen LogP contribution < -0.4 is 5.32 Å². The van der Waals surface area contributed by atoms with Crippen molar-refractivity contribution >= 4 is 21.2 Å². The predicted octanol–water partition coefficient (Wildman–Crippen LogP) is 2.35. The Labute approximate surface area is 113 Å². The van der Waals surface area contributed by atoms with Gasteiger partial charge >= 0.3 is 0 Å². The Balaban J connectivity index is 2.36. The predicted molar refractivity (Wildman–Crippen MR) is 75.3 cm³/mol. The third-order valence-electron chi connectivity index (χ3n) is 2.68. The van der Waals surface area contributed by atoms with Crippen molar-refractivity contribution in [1.29, 1.82) is 0 Å². The molecule has 1 heterocycles. The lowest BCUT2D eigenvalue weighted by atomic mass is 10.3. The third-order valence-corrected chi connectivity index (χ3v) is 4.65. The van der Waals surface area contributed by atoms with Gasteiger partial charge in [0.2, 0.25) is 0 Å². The number of hydrogen-bond donors (Lipinski definition) is 1. The number of aromatic nitrogens is 2. The topological polar surface area (TPSA) is 64.0 Å². The largest absolute Gasteiger partial charge is 0.352 e. The molecular formula is C13H17N3O2S. The second kappa shape index (κ2) is 5.44. The van der Waals surface area contributed by atoms with Crippen LogP contribution in [-0.4, -0.2) is 24.0 Å². The van der Waals surface area contributed by atoms with Gasteiger partial charge < -0.3 is 5.32 Å². The molecule has 0 spiro atoms. The molecule has 0 aliphatic carbocycles. The zero-order valence-electron chi connectivity index (χ0n) is 11.0. The molecule has 0 radical (unpaired) electrons. The summed E-state index contributed by atoms with van der Waals surface area (Å²) in [6.07, 6.45) is 4.05. The second-order valence-electron chi connectivity index (χ2n) is 4.34. The zero-order chi connectivity index (χ0) is 13.9. The highest BCUT2D eigenvalue weighted by molar-refractivity contribution is 7.91. The monoisotopic (exact) mass is 279 g/mol.